The van der Waals surface area contributed by atoms with Crippen LogP contribution in [0.1, 0.15) is 23.6 Å². The molecule has 1 aromatic carbocycles. The first kappa shape index (κ1) is 14.5. The van der Waals surface area contributed by atoms with Gasteiger partial charge in [0.15, 0.2) is 0 Å². The van der Waals surface area contributed by atoms with E-state index in [4.69, 9.17) is 16.3 Å². The van der Waals surface area contributed by atoms with Crippen LogP contribution in [0.3, 0.4) is 0 Å². The molecule has 2 rings (SSSR count). The van der Waals surface area contributed by atoms with Crippen molar-refractivity contribution in [2.24, 2.45) is 0 Å². The first-order chi connectivity index (χ1) is 9.72. The van der Waals surface area contributed by atoms with Crippen LogP contribution in [0.15, 0.2) is 30.6 Å². The van der Waals surface area contributed by atoms with Crippen LogP contribution in [0.25, 0.3) is 0 Å². The Labute approximate surface area is 124 Å². The number of hydrogen-bond donors (Lipinski definition) is 0. The summed E-state index contributed by atoms with van der Waals surface area (Å²) in [5, 5.41) is 4.22. The van der Waals surface area contributed by atoms with E-state index in [1.165, 1.54) is 0 Å². The molecule has 0 aliphatic heterocycles. The number of benzene rings is 1. The average molecular weight is 289 g/mol. The van der Waals surface area contributed by atoms with Crippen molar-refractivity contribution in [3.05, 3.63) is 47.3 Å². The van der Waals surface area contributed by atoms with E-state index in [-0.39, 0.29) is 0 Å². The zero-order chi connectivity index (χ0) is 14.4. The fourth-order valence-electron chi connectivity index (χ4n) is 1.84. The molecule has 0 saturated carbocycles. The number of alkyl halides is 1. The summed E-state index contributed by atoms with van der Waals surface area (Å²) >= 11 is 5.55. The fourth-order valence-corrected chi connectivity index (χ4v) is 1.91. The van der Waals surface area contributed by atoms with Gasteiger partial charge in [0.2, 0.25) is 0 Å². The Kier molecular flexibility index (Phi) is 5.09. The zero-order valence-electron chi connectivity index (χ0n) is 11.7. The highest BCUT2D eigenvalue weighted by Gasteiger charge is 2.02. The minimum absolute atomic E-state index is 0.346. The summed E-state index contributed by atoms with van der Waals surface area (Å²) in [5.41, 5.74) is 3.08. The lowest BCUT2D eigenvalue weighted by Crippen LogP contribution is -1.97. The minimum Gasteiger partial charge on any atom is -0.489 e. The molecule has 2 aromatic rings. The van der Waals surface area contributed by atoms with Gasteiger partial charge in [-0.3, -0.25) is 4.68 Å². The van der Waals surface area contributed by atoms with Gasteiger partial charge in [-0.15, -0.1) is 11.6 Å². The third-order valence-corrected chi connectivity index (χ3v) is 3.01. The van der Waals surface area contributed by atoms with E-state index in [0.717, 1.165) is 29.0 Å². The molecule has 0 bridgehead atoms. The highest BCUT2D eigenvalue weighted by atomic mass is 35.5. The Morgan fingerprint density at radius 1 is 1.40 bits per heavy atom. The maximum Gasteiger partial charge on any atom is 0.122 e. The van der Waals surface area contributed by atoms with E-state index in [0.29, 0.717) is 12.5 Å². The molecular weight excluding hydrogens is 272 g/mol. The van der Waals surface area contributed by atoms with Crippen LogP contribution in [0, 0.1) is 18.8 Å². The standard InChI is InChI=1S/C16H17ClN2O/c1-3-19-11-15(10-18-19)12-20-16-7-6-14(5-4-8-17)9-13(16)2/h6-7,9-11H,3,8,12H2,1-2H3. The molecule has 0 N–H and O–H groups in total. The van der Waals surface area contributed by atoms with E-state index in [2.05, 4.69) is 23.9 Å². The molecule has 20 heavy (non-hydrogen) atoms. The number of rotatable bonds is 4. The maximum absolute atomic E-state index is 5.81. The molecule has 1 aromatic heterocycles. The van der Waals surface area contributed by atoms with Crippen LogP contribution in [0.4, 0.5) is 0 Å². The van der Waals surface area contributed by atoms with E-state index in [1.807, 2.05) is 42.2 Å². The maximum atomic E-state index is 5.81. The molecule has 3 nitrogen and oxygen atoms in total. The Hall–Kier alpha value is -1.92. The zero-order valence-corrected chi connectivity index (χ0v) is 12.4. The highest BCUT2D eigenvalue weighted by Crippen LogP contribution is 2.20. The number of halogens is 1. The lowest BCUT2D eigenvalue weighted by Gasteiger charge is -2.08. The Morgan fingerprint density at radius 2 is 2.25 bits per heavy atom. The molecule has 0 spiro atoms. The van der Waals surface area contributed by atoms with E-state index in [9.17, 15) is 0 Å². The van der Waals surface area contributed by atoms with E-state index in [1.54, 1.807) is 0 Å². The molecule has 0 aliphatic carbocycles. The summed E-state index contributed by atoms with van der Waals surface area (Å²) in [6, 6.07) is 5.89. The highest BCUT2D eigenvalue weighted by molar-refractivity contribution is 6.19. The molecule has 1 heterocycles. The monoisotopic (exact) mass is 288 g/mol. The topological polar surface area (TPSA) is 27.1 Å². The van der Waals surface area contributed by atoms with Crippen LogP contribution in [-0.4, -0.2) is 15.7 Å². The molecule has 0 unspecified atom stereocenters. The Balaban J connectivity index is 2.02. The predicted molar refractivity (Wildman–Crippen MR) is 81.0 cm³/mol. The van der Waals surface area contributed by atoms with E-state index < -0.39 is 0 Å². The first-order valence-electron chi connectivity index (χ1n) is 6.52. The van der Waals surface area contributed by atoms with Crippen molar-refractivity contribution in [2.45, 2.75) is 27.0 Å². The summed E-state index contributed by atoms with van der Waals surface area (Å²) in [6.07, 6.45) is 3.83. The molecule has 104 valence electrons. The second kappa shape index (κ2) is 7.02. The first-order valence-corrected chi connectivity index (χ1v) is 7.06. The average Bonchev–Trinajstić information content (AvgIpc) is 2.92. The molecule has 0 saturated heterocycles. The van der Waals surface area contributed by atoms with Crippen LogP contribution >= 0.6 is 11.6 Å². The molecular formula is C16H17ClN2O. The molecule has 0 amide bonds. The summed E-state index contributed by atoms with van der Waals surface area (Å²) in [4.78, 5) is 0. The quantitative estimate of drug-likeness (QED) is 0.637. The third kappa shape index (κ3) is 3.79. The number of aromatic nitrogens is 2. The smallest absolute Gasteiger partial charge is 0.122 e. The van der Waals surface area contributed by atoms with Crippen molar-refractivity contribution in [3.63, 3.8) is 0 Å². The minimum atomic E-state index is 0.346. The van der Waals surface area contributed by atoms with Crippen molar-refractivity contribution in [1.29, 1.82) is 0 Å². The normalized spacial score (nSPS) is 9.95. The molecule has 0 atom stereocenters. The second-order valence-electron chi connectivity index (χ2n) is 4.41. The van der Waals surface area contributed by atoms with Crippen molar-refractivity contribution >= 4 is 11.6 Å². The van der Waals surface area contributed by atoms with Gasteiger partial charge < -0.3 is 4.74 Å². The molecule has 0 radical (unpaired) electrons. The second-order valence-corrected chi connectivity index (χ2v) is 4.68. The summed E-state index contributed by atoms with van der Waals surface area (Å²) in [5.74, 6) is 7.05. The fraction of sp³-hybridized carbons (Fsp3) is 0.312. The summed E-state index contributed by atoms with van der Waals surface area (Å²) in [7, 11) is 0. The van der Waals surface area contributed by atoms with Gasteiger partial charge in [0.05, 0.1) is 12.1 Å². The van der Waals surface area contributed by atoms with Gasteiger partial charge in [-0.2, -0.15) is 5.10 Å². The van der Waals surface area contributed by atoms with Gasteiger partial charge in [-0.1, -0.05) is 11.8 Å². The molecule has 4 heteroatoms. The predicted octanol–water partition coefficient (Wildman–Crippen LogP) is 3.38. The van der Waals surface area contributed by atoms with E-state index >= 15 is 0 Å². The number of hydrogen-bond acceptors (Lipinski definition) is 2. The van der Waals surface area contributed by atoms with Gasteiger partial charge in [-0.05, 0) is 37.6 Å². The van der Waals surface area contributed by atoms with Crippen molar-refractivity contribution < 1.29 is 4.74 Å². The van der Waals surface area contributed by atoms with Gasteiger partial charge in [0.25, 0.3) is 0 Å². The Morgan fingerprint density at radius 3 is 2.90 bits per heavy atom. The SMILES string of the molecule is CCn1cc(COc2ccc(C#CCCl)cc2C)cn1. The lowest BCUT2D eigenvalue weighted by molar-refractivity contribution is 0.304. The van der Waals surface area contributed by atoms with Gasteiger partial charge in [0.1, 0.15) is 12.4 Å². The number of nitrogens with zero attached hydrogens (tertiary/aromatic N) is 2. The summed E-state index contributed by atoms with van der Waals surface area (Å²) in [6.45, 7) is 5.46. The number of ether oxygens (including phenoxy) is 1. The van der Waals surface area contributed by atoms with Gasteiger partial charge in [0, 0.05) is 23.9 Å². The largest absolute Gasteiger partial charge is 0.489 e. The molecule has 0 aliphatic rings. The third-order valence-electron chi connectivity index (χ3n) is 2.88. The van der Waals surface area contributed by atoms with Gasteiger partial charge >= 0.3 is 0 Å². The summed E-state index contributed by atoms with van der Waals surface area (Å²) < 4.78 is 7.70. The van der Waals surface area contributed by atoms with Crippen LogP contribution in [0.2, 0.25) is 0 Å². The van der Waals surface area contributed by atoms with Crippen LogP contribution < -0.4 is 4.74 Å². The van der Waals surface area contributed by atoms with Crippen LogP contribution in [-0.2, 0) is 13.2 Å². The lowest BCUT2D eigenvalue weighted by atomic mass is 10.1. The van der Waals surface area contributed by atoms with Crippen molar-refractivity contribution in [1.82, 2.24) is 9.78 Å². The number of aryl methyl sites for hydroxylation is 2. The van der Waals surface area contributed by atoms with Crippen molar-refractivity contribution in [2.75, 3.05) is 5.88 Å². The van der Waals surface area contributed by atoms with Crippen molar-refractivity contribution in [3.8, 4) is 17.6 Å². The Bertz CT molecular complexity index is 637. The molecule has 0 fully saturated rings. The van der Waals surface area contributed by atoms with Gasteiger partial charge in [-0.25, -0.2) is 0 Å². The van der Waals surface area contributed by atoms with Crippen LogP contribution in [0.5, 0.6) is 5.75 Å².